The summed E-state index contributed by atoms with van der Waals surface area (Å²) in [5.41, 5.74) is 3.59. The minimum Gasteiger partial charge on any atom is -0.480 e. The van der Waals surface area contributed by atoms with Gasteiger partial charge < -0.3 is 20.1 Å². The molecule has 6 rings (SSSR count). The lowest BCUT2D eigenvalue weighted by molar-refractivity contribution is -0.139. The van der Waals surface area contributed by atoms with Crippen molar-refractivity contribution in [3.8, 4) is 22.6 Å². The predicted molar refractivity (Wildman–Crippen MR) is 230 cm³/mol. The highest BCUT2D eigenvalue weighted by molar-refractivity contribution is 7.93. The number of unbranched alkanes of at least 4 members (excludes halogenated alkanes) is 2. The second kappa shape index (κ2) is 18.7. The number of rotatable bonds is 18. The van der Waals surface area contributed by atoms with Gasteiger partial charge in [0.15, 0.2) is 0 Å². The molecule has 57 heavy (non-hydrogen) atoms. The fraction of sp³-hybridized carbons (Fsp3) is 0.217. The first kappa shape index (κ1) is 40.6. The van der Waals surface area contributed by atoms with E-state index in [0.717, 1.165) is 66.7 Å². The number of carboxylic acids is 1. The number of aliphatic carboxylic acids is 1. The summed E-state index contributed by atoms with van der Waals surface area (Å²) in [6, 6.07) is 38.3. The molecule has 9 nitrogen and oxygen atoms in total. The summed E-state index contributed by atoms with van der Waals surface area (Å²) in [7, 11) is 1.83. The lowest BCUT2D eigenvalue weighted by Crippen LogP contribution is -2.42. The predicted octanol–water partition coefficient (Wildman–Crippen LogP) is 8.73. The van der Waals surface area contributed by atoms with Crippen LogP contribution in [-0.2, 0) is 21.2 Å². The maximum Gasteiger partial charge on any atom is 0.326 e. The van der Waals surface area contributed by atoms with Crippen molar-refractivity contribution in [3.05, 3.63) is 145 Å². The fourth-order valence-electron chi connectivity index (χ4n) is 6.71. The van der Waals surface area contributed by atoms with Crippen molar-refractivity contribution < 1.29 is 27.9 Å². The Bertz CT molecular complexity index is 2420. The minimum absolute atomic E-state index is 0.0134. The quantitative estimate of drug-likeness (QED) is 0.0746. The average molecular weight is 780 g/mol. The Hall–Kier alpha value is -6.07. The number of benzene rings is 6. The normalized spacial score (nSPS) is 11.8. The number of ether oxygens (including phenoxy) is 1. The van der Waals surface area contributed by atoms with Crippen molar-refractivity contribution >= 4 is 57.4 Å². The number of hydrogen-bond donors (Lipinski definition) is 3. The van der Waals surface area contributed by atoms with Crippen LogP contribution in [0.25, 0.3) is 21.9 Å². The molecule has 2 radical (unpaired) electrons. The number of nitrogens with zero attached hydrogens (tertiary/aromatic N) is 1. The zero-order valence-electron chi connectivity index (χ0n) is 32.2. The van der Waals surface area contributed by atoms with Crippen LogP contribution in [0.3, 0.4) is 0 Å². The Kier molecular flexibility index (Phi) is 13.3. The van der Waals surface area contributed by atoms with Crippen LogP contribution in [0.15, 0.2) is 138 Å². The van der Waals surface area contributed by atoms with E-state index < -0.39 is 27.9 Å². The second-order valence-electron chi connectivity index (χ2n) is 13.9. The molecule has 1 atom stereocenters. The van der Waals surface area contributed by atoms with Gasteiger partial charge >= 0.3 is 5.97 Å². The molecule has 0 aliphatic carbocycles. The van der Waals surface area contributed by atoms with Gasteiger partial charge in [0.05, 0.1) is 16.1 Å². The van der Waals surface area contributed by atoms with E-state index in [1.807, 2.05) is 97.1 Å². The molecular weight excluding hydrogens is 733 g/mol. The van der Waals surface area contributed by atoms with E-state index in [2.05, 4.69) is 28.8 Å². The molecular formula is C46H46BN3O6S. The number of para-hydroxylation sites is 1. The Morgan fingerprint density at radius 1 is 0.737 bits per heavy atom. The maximum absolute atomic E-state index is 14.1. The number of carbonyl (C=O) groups is 2. The van der Waals surface area contributed by atoms with Crippen LogP contribution >= 0.6 is 0 Å². The smallest absolute Gasteiger partial charge is 0.326 e. The fourth-order valence-corrected chi connectivity index (χ4v) is 8.01. The standard InChI is InChI=1S/C46H46BN3O6S/c1-3-5-28-50(29-6-4-2)43-16-10-15-39-38(43)14-11-17-44(39)57(54,55)49-41-27-24-35(47)31-40(41)45(51)48-42(46(52)53)30-32-18-20-33(21-19-32)34-22-25-37(26-23-34)56-36-12-8-7-9-13-36/h7-27,31,42,49H,3-6,28-30H2,1-2H3,(H,48,51)(H,52,53)/t42-/m0/s1. The molecule has 1 amide bonds. The number of carbonyl (C=O) groups excluding carboxylic acids is 1. The molecule has 0 aromatic heterocycles. The Labute approximate surface area is 336 Å². The van der Waals surface area contributed by atoms with Crippen LogP contribution in [0, 0.1) is 0 Å². The molecule has 0 heterocycles. The van der Waals surface area contributed by atoms with Crippen LogP contribution in [-0.4, -0.2) is 52.4 Å². The summed E-state index contributed by atoms with van der Waals surface area (Å²) >= 11 is 0. The lowest BCUT2D eigenvalue weighted by Gasteiger charge is -2.26. The van der Waals surface area contributed by atoms with Gasteiger partial charge in [-0.15, -0.1) is 0 Å². The molecule has 0 spiro atoms. The zero-order valence-corrected chi connectivity index (χ0v) is 33.0. The SMILES string of the molecule is [B]c1ccc(NS(=O)(=O)c2cccc3c(N(CCCC)CCCC)cccc23)c(C(=O)N[C@@H](Cc2ccc(-c3ccc(Oc4ccccc4)cc3)cc2)C(=O)O)c1. The number of amides is 1. The molecule has 6 aromatic carbocycles. The molecule has 0 unspecified atom stereocenters. The van der Waals surface area contributed by atoms with Crippen LogP contribution < -0.4 is 25.1 Å². The summed E-state index contributed by atoms with van der Waals surface area (Å²) in [5, 5.41) is 14.1. The first-order valence-electron chi connectivity index (χ1n) is 19.2. The molecule has 0 fully saturated rings. The summed E-state index contributed by atoms with van der Waals surface area (Å²) in [6.07, 6.45) is 4.09. The number of sulfonamides is 1. The van der Waals surface area contributed by atoms with E-state index in [0.29, 0.717) is 16.7 Å². The van der Waals surface area contributed by atoms with Gasteiger partial charge in [-0.3, -0.25) is 9.52 Å². The van der Waals surface area contributed by atoms with Crippen molar-refractivity contribution in [2.45, 2.75) is 56.9 Å². The average Bonchev–Trinajstić information content (AvgIpc) is 3.21. The number of anilines is 2. The van der Waals surface area contributed by atoms with Crippen LogP contribution in [0.1, 0.15) is 55.5 Å². The van der Waals surface area contributed by atoms with Crippen molar-refractivity contribution in [2.24, 2.45) is 0 Å². The number of nitrogens with one attached hydrogen (secondary N) is 2. The third-order valence-electron chi connectivity index (χ3n) is 9.75. The van der Waals surface area contributed by atoms with Crippen LogP contribution in [0.4, 0.5) is 11.4 Å². The highest BCUT2D eigenvalue weighted by Gasteiger charge is 2.26. The highest BCUT2D eigenvalue weighted by atomic mass is 32.2. The molecule has 290 valence electrons. The van der Waals surface area contributed by atoms with E-state index in [9.17, 15) is 23.1 Å². The van der Waals surface area contributed by atoms with Gasteiger partial charge in [0.2, 0.25) is 0 Å². The van der Waals surface area contributed by atoms with Gasteiger partial charge in [-0.1, -0.05) is 123 Å². The molecule has 0 aliphatic rings. The summed E-state index contributed by atoms with van der Waals surface area (Å²) < 4.78 is 36.7. The van der Waals surface area contributed by atoms with Gasteiger partial charge in [0.25, 0.3) is 15.9 Å². The molecule has 11 heteroatoms. The van der Waals surface area contributed by atoms with Crippen molar-refractivity contribution in [3.63, 3.8) is 0 Å². The van der Waals surface area contributed by atoms with E-state index in [1.165, 1.54) is 24.3 Å². The van der Waals surface area contributed by atoms with E-state index in [4.69, 9.17) is 12.6 Å². The molecule has 3 N–H and O–H groups in total. The third kappa shape index (κ3) is 10.2. The summed E-state index contributed by atoms with van der Waals surface area (Å²) in [4.78, 5) is 28.6. The third-order valence-corrected chi connectivity index (χ3v) is 11.2. The van der Waals surface area contributed by atoms with Gasteiger partial charge in [0, 0.05) is 36.0 Å². The first-order chi connectivity index (χ1) is 27.6. The summed E-state index contributed by atoms with van der Waals surface area (Å²) in [5.74, 6) is -0.590. The highest BCUT2D eigenvalue weighted by Crippen LogP contribution is 2.33. The van der Waals surface area contributed by atoms with Gasteiger partial charge in [-0.25, -0.2) is 13.2 Å². The van der Waals surface area contributed by atoms with Crippen LogP contribution in [0.2, 0.25) is 0 Å². The Morgan fingerprint density at radius 2 is 1.35 bits per heavy atom. The van der Waals surface area contributed by atoms with E-state index >= 15 is 0 Å². The minimum atomic E-state index is -4.24. The summed E-state index contributed by atoms with van der Waals surface area (Å²) in [6.45, 7) is 6.01. The first-order valence-corrected chi connectivity index (χ1v) is 20.7. The van der Waals surface area contributed by atoms with Gasteiger partial charge in [-0.05, 0) is 72.0 Å². The maximum atomic E-state index is 14.1. The van der Waals surface area contributed by atoms with Gasteiger partial charge in [0.1, 0.15) is 25.4 Å². The second-order valence-corrected chi connectivity index (χ2v) is 15.6. The number of fused-ring (bicyclic) bond motifs is 1. The molecule has 6 aromatic rings. The largest absolute Gasteiger partial charge is 0.480 e. The molecule has 0 saturated carbocycles. The topological polar surface area (TPSA) is 125 Å². The Morgan fingerprint density at radius 3 is 2.00 bits per heavy atom. The monoisotopic (exact) mass is 779 g/mol. The zero-order chi connectivity index (χ0) is 40.4. The lowest BCUT2D eigenvalue weighted by atomic mass is 9.93. The van der Waals surface area contributed by atoms with Crippen molar-refractivity contribution in [2.75, 3.05) is 22.7 Å². The van der Waals surface area contributed by atoms with Gasteiger partial charge in [-0.2, -0.15) is 0 Å². The number of carboxylic acid groups (broad SMARTS) is 1. The Balaban J connectivity index is 1.18. The molecule has 0 bridgehead atoms. The van der Waals surface area contributed by atoms with E-state index in [1.54, 1.807) is 12.1 Å². The number of hydrogen-bond acceptors (Lipinski definition) is 6. The molecule has 0 saturated heterocycles. The van der Waals surface area contributed by atoms with Crippen molar-refractivity contribution in [1.29, 1.82) is 0 Å². The molecule has 0 aliphatic heterocycles. The van der Waals surface area contributed by atoms with E-state index in [-0.39, 0.29) is 28.0 Å². The van der Waals surface area contributed by atoms with Crippen LogP contribution in [0.5, 0.6) is 11.5 Å². The van der Waals surface area contributed by atoms with Crippen molar-refractivity contribution in [1.82, 2.24) is 5.32 Å².